The van der Waals surface area contributed by atoms with Crippen LogP contribution in [0.15, 0.2) is 48.8 Å². The molecule has 0 atom stereocenters. The van der Waals surface area contributed by atoms with Crippen molar-refractivity contribution < 1.29 is 4.79 Å². The first kappa shape index (κ1) is 15.5. The summed E-state index contributed by atoms with van der Waals surface area (Å²) in [4.78, 5) is 14.2. The molecule has 1 aliphatic rings. The Bertz CT molecular complexity index is 703. The second-order valence-corrected chi connectivity index (χ2v) is 6.46. The minimum atomic E-state index is -0.0278. The highest BCUT2D eigenvalue weighted by molar-refractivity contribution is 5.91. The Labute approximate surface area is 136 Å². The first-order chi connectivity index (χ1) is 11.0. The molecule has 1 aliphatic heterocycles. The van der Waals surface area contributed by atoms with Crippen LogP contribution in [0.4, 0.5) is 0 Å². The number of hydrogen-bond acceptors (Lipinski definition) is 3. The fourth-order valence-corrected chi connectivity index (χ4v) is 2.75. The Hall–Kier alpha value is -2.40. The number of nitrogens with one attached hydrogen (secondary N) is 1. The molecule has 0 bridgehead atoms. The summed E-state index contributed by atoms with van der Waals surface area (Å²) in [5.74, 6) is 0.0482. The highest BCUT2D eigenvalue weighted by Gasteiger charge is 2.27. The summed E-state index contributed by atoms with van der Waals surface area (Å²) in [7, 11) is 0. The number of aromatic nitrogens is 2. The van der Waals surface area contributed by atoms with E-state index < -0.39 is 0 Å². The molecule has 23 heavy (non-hydrogen) atoms. The van der Waals surface area contributed by atoms with Crippen molar-refractivity contribution in [2.45, 2.75) is 19.4 Å². The molecule has 1 amide bonds. The van der Waals surface area contributed by atoms with Crippen LogP contribution < -0.4 is 5.32 Å². The average Bonchev–Trinajstić information content (AvgIpc) is 3.01. The van der Waals surface area contributed by atoms with Gasteiger partial charge in [0.2, 0.25) is 5.91 Å². The smallest absolute Gasteiger partial charge is 0.246 e. The van der Waals surface area contributed by atoms with E-state index in [1.54, 1.807) is 17.0 Å². The first-order valence-corrected chi connectivity index (χ1v) is 7.86. The lowest BCUT2D eigenvalue weighted by Gasteiger charge is -2.38. The van der Waals surface area contributed by atoms with E-state index in [-0.39, 0.29) is 11.4 Å². The zero-order valence-electron chi connectivity index (χ0n) is 13.6. The van der Waals surface area contributed by atoms with Crippen LogP contribution in [0.2, 0.25) is 0 Å². The summed E-state index contributed by atoms with van der Waals surface area (Å²) in [5.41, 5.74) is 1.89. The number of rotatable bonds is 3. The third-order valence-electron chi connectivity index (χ3n) is 3.92. The van der Waals surface area contributed by atoms with Crippen LogP contribution in [-0.4, -0.2) is 45.8 Å². The molecule has 0 unspecified atom stereocenters. The molecule has 0 aliphatic carbocycles. The summed E-state index contributed by atoms with van der Waals surface area (Å²) in [6, 6.07) is 9.91. The van der Waals surface area contributed by atoms with Crippen LogP contribution in [0.25, 0.3) is 11.8 Å². The average molecular weight is 310 g/mol. The molecule has 5 heteroatoms. The quantitative estimate of drug-likeness (QED) is 0.883. The number of hydrogen-bond donors (Lipinski definition) is 1. The summed E-state index contributed by atoms with van der Waals surface area (Å²) in [6.45, 7) is 6.52. The molecule has 120 valence electrons. The number of carbonyl (C=O) groups is 1. The van der Waals surface area contributed by atoms with Gasteiger partial charge in [-0.2, -0.15) is 5.10 Å². The second-order valence-electron chi connectivity index (χ2n) is 6.46. The van der Waals surface area contributed by atoms with Gasteiger partial charge in [-0.1, -0.05) is 18.2 Å². The predicted molar refractivity (Wildman–Crippen MR) is 91.3 cm³/mol. The molecule has 1 aromatic heterocycles. The molecular formula is C18H22N4O. The number of para-hydroxylation sites is 1. The molecule has 1 fully saturated rings. The molecule has 2 heterocycles. The third-order valence-corrected chi connectivity index (χ3v) is 3.92. The van der Waals surface area contributed by atoms with Gasteiger partial charge in [-0.15, -0.1) is 0 Å². The monoisotopic (exact) mass is 310 g/mol. The van der Waals surface area contributed by atoms with Gasteiger partial charge in [0, 0.05) is 43.0 Å². The first-order valence-electron chi connectivity index (χ1n) is 7.86. The van der Waals surface area contributed by atoms with Crippen LogP contribution >= 0.6 is 0 Å². The van der Waals surface area contributed by atoms with E-state index in [0.717, 1.165) is 30.9 Å². The summed E-state index contributed by atoms with van der Waals surface area (Å²) in [6.07, 6.45) is 7.14. The van der Waals surface area contributed by atoms with Crippen LogP contribution in [0.3, 0.4) is 0 Å². The molecule has 3 rings (SSSR count). The Morgan fingerprint density at radius 3 is 2.83 bits per heavy atom. The predicted octanol–water partition coefficient (Wildman–Crippen LogP) is 2.10. The Morgan fingerprint density at radius 1 is 1.30 bits per heavy atom. The lowest BCUT2D eigenvalue weighted by molar-refractivity contribution is -0.127. The van der Waals surface area contributed by atoms with Crippen molar-refractivity contribution in [2.24, 2.45) is 0 Å². The van der Waals surface area contributed by atoms with Crippen molar-refractivity contribution in [2.75, 3.05) is 19.6 Å². The van der Waals surface area contributed by atoms with Crippen molar-refractivity contribution in [3.63, 3.8) is 0 Å². The molecule has 0 saturated carbocycles. The number of amides is 1. The highest BCUT2D eigenvalue weighted by Crippen LogP contribution is 2.12. The molecule has 0 spiro atoms. The zero-order valence-corrected chi connectivity index (χ0v) is 13.6. The number of carbonyl (C=O) groups excluding carboxylic acids is 1. The topological polar surface area (TPSA) is 50.2 Å². The normalized spacial score (nSPS) is 17.6. The third kappa shape index (κ3) is 3.87. The van der Waals surface area contributed by atoms with E-state index in [9.17, 15) is 4.79 Å². The lowest BCUT2D eigenvalue weighted by Crippen LogP contribution is -2.58. The SMILES string of the molecule is CC1(C)CN(C(=O)C=Cc2cnn(-c3ccccc3)c2)CCN1. The second kappa shape index (κ2) is 6.38. The van der Waals surface area contributed by atoms with Crippen molar-refractivity contribution in [1.29, 1.82) is 0 Å². The van der Waals surface area contributed by atoms with Gasteiger partial charge in [0.1, 0.15) is 0 Å². The Balaban J connectivity index is 1.66. The lowest BCUT2D eigenvalue weighted by atomic mass is 10.0. The van der Waals surface area contributed by atoms with Gasteiger partial charge in [0.05, 0.1) is 11.9 Å². The molecule has 1 saturated heterocycles. The van der Waals surface area contributed by atoms with Crippen molar-refractivity contribution in [3.05, 3.63) is 54.4 Å². The summed E-state index contributed by atoms with van der Waals surface area (Å²) < 4.78 is 1.80. The van der Waals surface area contributed by atoms with Crippen LogP contribution in [0.5, 0.6) is 0 Å². The van der Waals surface area contributed by atoms with E-state index in [0.29, 0.717) is 0 Å². The number of benzene rings is 1. The van der Waals surface area contributed by atoms with E-state index in [1.165, 1.54) is 0 Å². The van der Waals surface area contributed by atoms with Gasteiger partial charge in [-0.25, -0.2) is 4.68 Å². The van der Waals surface area contributed by atoms with Crippen molar-refractivity contribution in [3.8, 4) is 5.69 Å². The largest absolute Gasteiger partial charge is 0.336 e. The standard InChI is InChI=1S/C18H22N4O/c1-18(2)14-21(11-10-19-18)17(23)9-8-15-12-20-22(13-15)16-6-4-3-5-7-16/h3-9,12-13,19H,10-11,14H2,1-2H3. The van der Waals surface area contributed by atoms with Gasteiger partial charge in [0.15, 0.2) is 0 Å². The molecule has 1 aromatic carbocycles. The zero-order chi connectivity index (χ0) is 16.3. The van der Waals surface area contributed by atoms with Crippen molar-refractivity contribution in [1.82, 2.24) is 20.0 Å². The van der Waals surface area contributed by atoms with E-state index in [1.807, 2.05) is 47.5 Å². The molecular weight excluding hydrogens is 288 g/mol. The van der Waals surface area contributed by atoms with Gasteiger partial charge < -0.3 is 10.2 Å². The Morgan fingerprint density at radius 2 is 2.09 bits per heavy atom. The van der Waals surface area contributed by atoms with E-state index >= 15 is 0 Å². The molecule has 5 nitrogen and oxygen atoms in total. The molecule has 0 radical (unpaired) electrons. The minimum Gasteiger partial charge on any atom is -0.336 e. The minimum absolute atomic E-state index is 0.0278. The maximum Gasteiger partial charge on any atom is 0.246 e. The number of piperazine rings is 1. The number of nitrogens with zero attached hydrogens (tertiary/aromatic N) is 3. The maximum atomic E-state index is 12.3. The fourth-order valence-electron chi connectivity index (χ4n) is 2.75. The molecule has 1 N–H and O–H groups in total. The van der Waals surface area contributed by atoms with E-state index in [4.69, 9.17) is 0 Å². The Kier molecular flexibility index (Phi) is 4.30. The van der Waals surface area contributed by atoms with E-state index in [2.05, 4.69) is 24.3 Å². The highest BCUT2D eigenvalue weighted by atomic mass is 16.2. The van der Waals surface area contributed by atoms with Gasteiger partial charge in [-0.3, -0.25) is 4.79 Å². The molecule has 2 aromatic rings. The van der Waals surface area contributed by atoms with Gasteiger partial charge in [-0.05, 0) is 32.1 Å². The fraction of sp³-hybridized carbons (Fsp3) is 0.333. The summed E-state index contributed by atoms with van der Waals surface area (Å²) >= 11 is 0. The maximum absolute atomic E-state index is 12.3. The van der Waals surface area contributed by atoms with Gasteiger partial charge in [0.25, 0.3) is 0 Å². The summed E-state index contributed by atoms with van der Waals surface area (Å²) in [5, 5.41) is 7.74. The van der Waals surface area contributed by atoms with Crippen molar-refractivity contribution >= 4 is 12.0 Å². The van der Waals surface area contributed by atoms with Gasteiger partial charge >= 0.3 is 0 Å². The van der Waals surface area contributed by atoms with Crippen LogP contribution in [0.1, 0.15) is 19.4 Å². The van der Waals surface area contributed by atoms with Crippen LogP contribution in [0, 0.1) is 0 Å². The van der Waals surface area contributed by atoms with Crippen LogP contribution in [-0.2, 0) is 4.79 Å².